The van der Waals surface area contributed by atoms with Crippen LogP contribution in [-0.4, -0.2) is 73.0 Å². The standard InChI is InChI=1S/C24H26N4O.C2H5NO.C2H6/c1-27-10-12-28(13-11-27)9-8-17-6-7-22-19(14-17)16-23(25-22)20-15-18-4-2-3-5-21(18)26-24(20)29;1-3-2-4;1-2/h2-7,14-16,25H,8-13H2,1H3,(H,26,29);2H,1H3,(H,3,4);1-2H3. The number of nitrogens with one attached hydrogen (secondary N) is 3. The number of fused-ring (bicyclic) bond motifs is 2. The minimum atomic E-state index is -0.0643. The fourth-order valence-electron chi connectivity index (χ4n) is 4.19. The molecule has 3 heterocycles. The molecule has 4 aromatic rings. The van der Waals surface area contributed by atoms with Gasteiger partial charge in [-0.15, -0.1) is 0 Å². The molecule has 1 saturated heterocycles. The van der Waals surface area contributed by atoms with E-state index in [1.54, 1.807) is 7.05 Å². The van der Waals surface area contributed by atoms with Gasteiger partial charge in [-0.1, -0.05) is 38.1 Å². The van der Waals surface area contributed by atoms with Crippen LogP contribution in [0.5, 0.6) is 0 Å². The molecule has 7 nitrogen and oxygen atoms in total. The van der Waals surface area contributed by atoms with Crippen LogP contribution in [0.1, 0.15) is 19.4 Å². The lowest BCUT2D eigenvalue weighted by molar-refractivity contribution is -0.109. The maximum atomic E-state index is 12.6. The van der Waals surface area contributed by atoms with Crippen LogP contribution in [-0.2, 0) is 11.2 Å². The number of rotatable bonds is 5. The van der Waals surface area contributed by atoms with Crippen molar-refractivity contribution in [2.75, 3.05) is 46.8 Å². The Balaban J connectivity index is 0.000000521. The van der Waals surface area contributed by atoms with Crippen LogP contribution in [0.25, 0.3) is 33.1 Å². The molecule has 2 aromatic carbocycles. The molecule has 0 saturated carbocycles. The summed E-state index contributed by atoms with van der Waals surface area (Å²) in [6.45, 7) is 9.71. The molecule has 0 unspecified atom stereocenters. The van der Waals surface area contributed by atoms with Crippen LogP contribution >= 0.6 is 0 Å². The molecular weight excluding hydrogens is 438 g/mol. The molecule has 0 bridgehead atoms. The number of benzene rings is 2. The molecule has 1 fully saturated rings. The van der Waals surface area contributed by atoms with Gasteiger partial charge in [-0.3, -0.25) is 9.59 Å². The Labute approximate surface area is 207 Å². The predicted molar refractivity (Wildman–Crippen MR) is 146 cm³/mol. The smallest absolute Gasteiger partial charge is 0.257 e. The van der Waals surface area contributed by atoms with E-state index in [0.29, 0.717) is 12.0 Å². The second kappa shape index (κ2) is 12.9. The van der Waals surface area contributed by atoms with Crippen molar-refractivity contribution >= 4 is 28.2 Å². The molecule has 1 aliphatic rings. The number of carbonyl (C=O) groups excluding carboxylic acids is 1. The maximum absolute atomic E-state index is 12.6. The summed E-state index contributed by atoms with van der Waals surface area (Å²) in [5, 5.41) is 4.44. The highest BCUT2D eigenvalue weighted by atomic mass is 16.1. The van der Waals surface area contributed by atoms with E-state index in [-0.39, 0.29) is 5.56 Å². The molecule has 7 heteroatoms. The van der Waals surface area contributed by atoms with Crippen LogP contribution < -0.4 is 10.9 Å². The summed E-state index contributed by atoms with van der Waals surface area (Å²) >= 11 is 0. The Bertz CT molecular complexity index is 1290. The molecule has 0 spiro atoms. The van der Waals surface area contributed by atoms with Gasteiger partial charge >= 0.3 is 0 Å². The van der Waals surface area contributed by atoms with Crippen molar-refractivity contribution in [1.29, 1.82) is 0 Å². The Morgan fingerprint density at radius 3 is 2.31 bits per heavy atom. The van der Waals surface area contributed by atoms with Crippen LogP contribution in [0.3, 0.4) is 0 Å². The van der Waals surface area contributed by atoms with Gasteiger partial charge in [-0.25, -0.2) is 0 Å². The number of aromatic amines is 2. The zero-order valence-corrected chi connectivity index (χ0v) is 21.2. The van der Waals surface area contributed by atoms with E-state index >= 15 is 0 Å². The van der Waals surface area contributed by atoms with Gasteiger partial charge in [0.15, 0.2) is 0 Å². The second-order valence-corrected chi connectivity index (χ2v) is 8.51. The molecule has 186 valence electrons. The Morgan fingerprint density at radius 1 is 0.914 bits per heavy atom. The van der Waals surface area contributed by atoms with Crippen LogP contribution in [0.2, 0.25) is 0 Å². The van der Waals surface area contributed by atoms with Gasteiger partial charge < -0.3 is 25.1 Å². The summed E-state index contributed by atoms with van der Waals surface area (Å²) in [4.78, 5) is 33.0. The molecule has 0 atom stereocenters. The van der Waals surface area contributed by atoms with E-state index in [1.807, 2.05) is 44.2 Å². The van der Waals surface area contributed by atoms with Crippen LogP contribution in [0.4, 0.5) is 0 Å². The predicted octanol–water partition coefficient (Wildman–Crippen LogP) is 3.85. The van der Waals surface area contributed by atoms with E-state index < -0.39 is 0 Å². The number of hydrogen-bond acceptors (Lipinski definition) is 4. The third kappa shape index (κ3) is 6.81. The number of amides is 1. The number of aromatic nitrogens is 2. The van der Waals surface area contributed by atoms with E-state index in [0.717, 1.165) is 66.6 Å². The lowest BCUT2D eigenvalue weighted by Crippen LogP contribution is -2.45. The van der Waals surface area contributed by atoms with Gasteiger partial charge in [-0.05, 0) is 54.8 Å². The first-order valence-corrected chi connectivity index (χ1v) is 12.3. The SMILES string of the molecule is CC.CN1CCN(CCc2ccc3[nH]c(-c4cc5ccccc5[nH]c4=O)cc3c2)CC1.CNC=O. The fourth-order valence-corrected chi connectivity index (χ4v) is 4.19. The number of hydrogen-bond donors (Lipinski definition) is 3. The highest BCUT2D eigenvalue weighted by Crippen LogP contribution is 2.25. The number of nitrogens with zero attached hydrogens (tertiary/aromatic N) is 2. The molecule has 35 heavy (non-hydrogen) atoms. The number of pyridine rings is 1. The topological polar surface area (TPSA) is 84.2 Å². The zero-order chi connectivity index (χ0) is 25.2. The highest BCUT2D eigenvalue weighted by molar-refractivity contribution is 5.89. The van der Waals surface area contributed by atoms with E-state index in [2.05, 4.69) is 56.4 Å². The van der Waals surface area contributed by atoms with Crippen molar-refractivity contribution < 1.29 is 4.79 Å². The Hall–Kier alpha value is -3.42. The van der Waals surface area contributed by atoms with Crippen molar-refractivity contribution in [1.82, 2.24) is 25.1 Å². The van der Waals surface area contributed by atoms with E-state index in [9.17, 15) is 4.79 Å². The quantitative estimate of drug-likeness (QED) is 0.383. The van der Waals surface area contributed by atoms with Gasteiger partial charge in [0.1, 0.15) is 0 Å². The first-order chi connectivity index (χ1) is 17.1. The average molecular weight is 476 g/mol. The zero-order valence-electron chi connectivity index (χ0n) is 21.2. The molecule has 1 amide bonds. The number of H-pyrrole nitrogens is 2. The fraction of sp³-hybridized carbons (Fsp3) is 0.357. The summed E-state index contributed by atoms with van der Waals surface area (Å²) in [5.74, 6) is 0. The highest BCUT2D eigenvalue weighted by Gasteiger charge is 2.14. The number of para-hydroxylation sites is 1. The van der Waals surface area contributed by atoms with Gasteiger partial charge in [0.05, 0.1) is 11.3 Å². The third-order valence-electron chi connectivity index (χ3n) is 6.16. The van der Waals surface area contributed by atoms with Gasteiger partial charge in [0.25, 0.3) is 5.56 Å². The van der Waals surface area contributed by atoms with Gasteiger partial charge in [-0.2, -0.15) is 0 Å². The summed E-state index contributed by atoms with van der Waals surface area (Å²) in [6.07, 6.45) is 1.68. The Kier molecular flexibility index (Phi) is 9.64. The normalized spacial score (nSPS) is 14.1. The first-order valence-electron chi connectivity index (χ1n) is 12.3. The monoisotopic (exact) mass is 475 g/mol. The summed E-state index contributed by atoms with van der Waals surface area (Å²) in [6, 6.07) is 18.5. The number of likely N-dealkylation sites (N-methyl/N-ethyl adjacent to an activating group) is 1. The van der Waals surface area contributed by atoms with E-state index in [1.165, 1.54) is 5.56 Å². The van der Waals surface area contributed by atoms with Crippen LogP contribution in [0.15, 0.2) is 59.4 Å². The molecule has 0 radical (unpaired) electrons. The summed E-state index contributed by atoms with van der Waals surface area (Å²) in [5.41, 5.74) is 4.75. The van der Waals surface area contributed by atoms with Crippen molar-refractivity contribution in [3.63, 3.8) is 0 Å². The number of piperazine rings is 1. The average Bonchev–Trinajstić information content (AvgIpc) is 3.32. The van der Waals surface area contributed by atoms with Gasteiger partial charge in [0, 0.05) is 56.2 Å². The molecule has 1 aliphatic heterocycles. The lowest BCUT2D eigenvalue weighted by Gasteiger charge is -2.32. The van der Waals surface area contributed by atoms with Crippen LogP contribution in [0, 0.1) is 0 Å². The molecule has 0 aliphatic carbocycles. The summed E-state index contributed by atoms with van der Waals surface area (Å²) in [7, 11) is 3.75. The number of carbonyl (C=O) groups is 1. The largest absolute Gasteiger partial charge is 0.362 e. The Morgan fingerprint density at radius 2 is 1.60 bits per heavy atom. The van der Waals surface area contributed by atoms with Crippen molar-refractivity contribution in [3.05, 3.63) is 70.5 Å². The molecule has 5 rings (SSSR count). The summed E-state index contributed by atoms with van der Waals surface area (Å²) < 4.78 is 0. The lowest BCUT2D eigenvalue weighted by atomic mass is 10.1. The minimum Gasteiger partial charge on any atom is -0.362 e. The minimum absolute atomic E-state index is 0.0643. The molecule has 2 aromatic heterocycles. The third-order valence-corrected chi connectivity index (χ3v) is 6.16. The van der Waals surface area contributed by atoms with Gasteiger partial charge in [0.2, 0.25) is 6.41 Å². The van der Waals surface area contributed by atoms with E-state index in [4.69, 9.17) is 4.79 Å². The second-order valence-electron chi connectivity index (χ2n) is 8.51. The van der Waals surface area contributed by atoms with Crippen molar-refractivity contribution in [3.8, 4) is 11.3 Å². The first kappa shape index (κ1) is 26.2. The maximum Gasteiger partial charge on any atom is 0.257 e. The molecular formula is C28H37N5O2. The van der Waals surface area contributed by atoms with Crippen molar-refractivity contribution in [2.45, 2.75) is 20.3 Å². The molecule has 3 N–H and O–H groups in total. The van der Waals surface area contributed by atoms with Crippen molar-refractivity contribution in [2.24, 2.45) is 0 Å².